The van der Waals surface area contributed by atoms with Crippen LogP contribution in [0.1, 0.15) is 35.0 Å². The van der Waals surface area contributed by atoms with Gasteiger partial charge in [0.25, 0.3) is 0 Å². The zero-order valence-corrected chi connectivity index (χ0v) is 15.0. The van der Waals surface area contributed by atoms with Crippen molar-refractivity contribution in [3.63, 3.8) is 0 Å². The van der Waals surface area contributed by atoms with Gasteiger partial charge in [-0.1, -0.05) is 0 Å². The molecule has 0 atom stereocenters. The largest absolute Gasteiger partial charge is 0.357 e. The van der Waals surface area contributed by atoms with Gasteiger partial charge in [0.1, 0.15) is 5.82 Å². The summed E-state index contributed by atoms with van der Waals surface area (Å²) in [5, 5.41) is 19.7. The van der Waals surface area contributed by atoms with Gasteiger partial charge in [-0.15, -0.1) is 0 Å². The van der Waals surface area contributed by atoms with E-state index < -0.39 is 0 Å². The number of nitrogens with zero attached hydrogens (tertiary/aromatic N) is 4. The Hall–Kier alpha value is -2.88. The number of nitriles is 1. The zero-order chi connectivity index (χ0) is 18.4. The molecule has 1 heterocycles. The van der Waals surface area contributed by atoms with Gasteiger partial charge in [-0.3, -0.25) is 4.68 Å². The molecule has 132 valence electrons. The van der Waals surface area contributed by atoms with Gasteiger partial charge in [0.05, 0.1) is 23.9 Å². The van der Waals surface area contributed by atoms with Crippen molar-refractivity contribution in [2.75, 3.05) is 6.54 Å². The van der Waals surface area contributed by atoms with E-state index in [4.69, 9.17) is 5.26 Å². The van der Waals surface area contributed by atoms with Crippen molar-refractivity contribution in [3.8, 4) is 6.07 Å². The lowest BCUT2D eigenvalue weighted by Crippen LogP contribution is -2.37. The van der Waals surface area contributed by atoms with Crippen LogP contribution in [0.25, 0.3) is 0 Å². The van der Waals surface area contributed by atoms with E-state index in [1.807, 2.05) is 38.6 Å². The third kappa shape index (κ3) is 4.57. The Kier molecular flexibility index (Phi) is 6.12. The average molecular weight is 342 g/mol. The number of nitrogens with one attached hydrogen (secondary N) is 2. The van der Waals surface area contributed by atoms with Crippen LogP contribution in [0.5, 0.6) is 0 Å². The van der Waals surface area contributed by atoms with Gasteiger partial charge in [-0.05, 0) is 39.0 Å². The molecule has 6 nitrogen and oxygen atoms in total. The molecule has 0 spiro atoms. The Morgan fingerprint density at radius 2 is 2.12 bits per heavy atom. The van der Waals surface area contributed by atoms with Gasteiger partial charge in [0, 0.05) is 37.0 Å². The molecule has 0 aliphatic heterocycles. The summed E-state index contributed by atoms with van der Waals surface area (Å²) in [4.78, 5) is 4.42. The second-order valence-electron chi connectivity index (χ2n) is 5.74. The van der Waals surface area contributed by atoms with Crippen LogP contribution < -0.4 is 10.6 Å². The molecule has 0 saturated heterocycles. The quantitative estimate of drug-likeness (QED) is 0.646. The van der Waals surface area contributed by atoms with Crippen molar-refractivity contribution in [3.05, 3.63) is 52.1 Å². The molecule has 0 radical (unpaired) electrons. The Balaban J connectivity index is 2.12. The minimum atomic E-state index is -0.363. The van der Waals surface area contributed by atoms with Crippen molar-refractivity contribution < 1.29 is 4.39 Å². The van der Waals surface area contributed by atoms with Crippen LogP contribution >= 0.6 is 0 Å². The molecule has 2 N–H and O–H groups in total. The lowest BCUT2D eigenvalue weighted by molar-refractivity contribution is 0.610. The lowest BCUT2D eigenvalue weighted by Gasteiger charge is -2.12. The molecule has 2 rings (SSSR count). The van der Waals surface area contributed by atoms with E-state index in [-0.39, 0.29) is 12.4 Å². The van der Waals surface area contributed by atoms with E-state index in [1.165, 1.54) is 18.2 Å². The molecule has 1 aromatic carbocycles. The summed E-state index contributed by atoms with van der Waals surface area (Å²) in [5.74, 6) is 0.226. The number of guanidine groups is 1. The second kappa shape index (κ2) is 8.29. The molecule has 0 amide bonds. The predicted molar refractivity (Wildman–Crippen MR) is 95.5 cm³/mol. The van der Waals surface area contributed by atoms with Gasteiger partial charge in [0.15, 0.2) is 5.96 Å². The van der Waals surface area contributed by atoms with Crippen molar-refractivity contribution >= 4 is 5.96 Å². The fourth-order valence-corrected chi connectivity index (χ4v) is 2.52. The van der Waals surface area contributed by atoms with E-state index >= 15 is 0 Å². The summed E-state index contributed by atoms with van der Waals surface area (Å²) in [7, 11) is 1.91. The van der Waals surface area contributed by atoms with E-state index in [9.17, 15) is 4.39 Å². The molecule has 0 bridgehead atoms. The molecule has 7 heteroatoms. The van der Waals surface area contributed by atoms with E-state index in [2.05, 4.69) is 20.7 Å². The summed E-state index contributed by atoms with van der Waals surface area (Å²) >= 11 is 0. The molecular weight excluding hydrogens is 319 g/mol. The third-order valence-electron chi connectivity index (χ3n) is 4.02. The number of aryl methyl sites for hydroxylation is 2. The van der Waals surface area contributed by atoms with Crippen LogP contribution in [0.4, 0.5) is 4.39 Å². The van der Waals surface area contributed by atoms with Gasteiger partial charge in [-0.2, -0.15) is 10.4 Å². The number of aromatic nitrogens is 2. The fourth-order valence-electron chi connectivity index (χ4n) is 2.52. The normalized spacial score (nSPS) is 11.3. The van der Waals surface area contributed by atoms with Gasteiger partial charge in [0.2, 0.25) is 0 Å². The highest BCUT2D eigenvalue weighted by Gasteiger charge is 2.10. The summed E-state index contributed by atoms with van der Waals surface area (Å²) in [6.07, 6.45) is 0. The summed E-state index contributed by atoms with van der Waals surface area (Å²) in [5.41, 5.74) is 3.99. The number of hydrogen-bond acceptors (Lipinski definition) is 3. The summed E-state index contributed by atoms with van der Waals surface area (Å²) in [6.45, 7) is 7.38. The monoisotopic (exact) mass is 342 g/mol. The average Bonchev–Trinajstić information content (AvgIpc) is 2.84. The predicted octanol–water partition coefficient (Wildman–Crippen LogP) is 2.30. The molecule has 0 fully saturated rings. The zero-order valence-electron chi connectivity index (χ0n) is 15.0. The number of aliphatic imine (C=N–C) groups is 1. The molecule has 0 aliphatic carbocycles. The topological polar surface area (TPSA) is 78.0 Å². The van der Waals surface area contributed by atoms with E-state index in [1.54, 1.807) is 0 Å². The van der Waals surface area contributed by atoms with Crippen LogP contribution in [0.2, 0.25) is 0 Å². The minimum absolute atomic E-state index is 0.154. The Labute approximate surface area is 147 Å². The van der Waals surface area contributed by atoms with E-state index in [0.29, 0.717) is 30.2 Å². The maximum absolute atomic E-state index is 13.9. The maximum atomic E-state index is 13.9. The maximum Gasteiger partial charge on any atom is 0.191 e. The van der Waals surface area contributed by atoms with Crippen LogP contribution in [0.15, 0.2) is 23.2 Å². The highest BCUT2D eigenvalue weighted by molar-refractivity contribution is 5.79. The lowest BCUT2D eigenvalue weighted by atomic mass is 10.1. The molecule has 25 heavy (non-hydrogen) atoms. The number of halogens is 1. The van der Waals surface area contributed by atoms with E-state index in [0.717, 1.165) is 17.0 Å². The molecular formula is C18H23FN6. The van der Waals surface area contributed by atoms with Gasteiger partial charge < -0.3 is 10.6 Å². The van der Waals surface area contributed by atoms with Crippen LogP contribution in [-0.2, 0) is 20.1 Å². The van der Waals surface area contributed by atoms with Gasteiger partial charge >= 0.3 is 0 Å². The van der Waals surface area contributed by atoms with Crippen molar-refractivity contribution in [1.29, 1.82) is 5.26 Å². The Morgan fingerprint density at radius 1 is 1.36 bits per heavy atom. The Bertz CT molecular complexity index is 816. The smallest absolute Gasteiger partial charge is 0.191 e. The van der Waals surface area contributed by atoms with Crippen molar-refractivity contribution in [1.82, 2.24) is 20.4 Å². The summed E-state index contributed by atoms with van der Waals surface area (Å²) in [6, 6.07) is 6.29. The molecule has 0 unspecified atom stereocenters. The third-order valence-corrected chi connectivity index (χ3v) is 4.02. The van der Waals surface area contributed by atoms with Crippen molar-refractivity contribution in [2.24, 2.45) is 12.0 Å². The Morgan fingerprint density at radius 3 is 2.72 bits per heavy atom. The van der Waals surface area contributed by atoms with Crippen LogP contribution in [0, 0.1) is 31.0 Å². The SMILES string of the molecule is CCNC(=NCc1cc(C#N)ccc1F)NCc1c(C)nn(C)c1C. The molecule has 1 aromatic heterocycles. The van der Waals surface area contributed by atoms with Gasteiger partial charge in [-0.25, -0.2) is 9.38 Å². The van der Waals surface area contributed by atoms with Crippen molar-refractivity contribution in [2.45, 2.75) is 33.9 Å². The van der Waals surface area contributed by atoms with Crippen LogP contribution in [-0.4, -0.2) is 22.3 Å². The first kappa shape index (κ1) is 18.5. The fraction of sp³-hybridized carbons (Fsp3) is 0.389. The summed E-state index contributed by atoms with van der Waals surface area (Å²) < 4.78 is 15.7. The highest BCUT2D eigenvalue weighted by Crippen LogP contribution is 2.12. The first-order chi connectivity index (χ1) is 12.0. The first-order valence-electron chi connectivity index (χ1n) is 8.16. The molecule has 0 saturated carbocycles. The number of benzene rings is 1. The minimum Gasteiger partial charge on any atom is -0.357 e. The number of rotatable bonds is 5. The highest BCUT2D eigenvalue weighted by atomic mass is 19.1. The second-order valence-corrected chi connectivity index (χ2v) is 5.74. The molecule has 0 aliphatic rings. The van der Waals surface area contributed by atoms with Crippen LogP contribution in [0.3, 0.4) is 0 Å². The standard InChI is InChI=1S/C18H23FN6/c1-5-21-18(23-11-16-12(2)24-25(4)13(16)3)22-10-15-8-14(9-20)6-7-17(15)19/h6-8H,5,10-11H2,1-4H3,(H2,21,22,23). The number of hydrogen-bond donors (Lipinski definition) is 2. The molecule has 2 aromatic rings. The first-order valence-corrected chi connectivity index (χ1v) is 8.16.